The first-order valence-corrected chi connectivity index (χ1v) is 16.8. The number of carbonyl (C=O) groups is 2. The molecule has 0 aromatic rings. The molecule has 42 heavy (non-hydrogen) atoms. The number of nitro groups is 1. The van der Waals surface area contributed by atoms with Crippen LogP contribution in [0.4, 0.5) is 0 Å². The number of ether oxygens (including phenoxy) is 4. The first kappa shape index (κ1) is 41.1. The summed E-state index contributed by atoms with van der Waals surface area (Å²) in [4.78, 5) is 38.8. The summed E-state index contributed by atoms with van der Waals surface area (Å²) < 4.78 is 22.6. The third kappa shape index (κ3) is 11.9. The first-order chi connectivity index (χ1) is 19.5. The summed E-state index contributed by atoms with van der Waals surface area (Å²) in [5.41, 5.74) is -2.13. The van der Waals surface area contributed by atoms with E-state index in [0.29, 0.717) is 25.7 Å². The van der Waals surface area contributed by atoms with Crippen molar-refractivity contribution in [2.45, 2.75) is 180 Å². The Labute approximate surface area is 263 Å². The zero-order chi connectivity index (χ0) is 32.8. The molecule has 10 heteroatoms. The number of alkyl halides is 1. The lowest BCUT2D eigenvalue weighted by atomic mass is 9.86. The fourth-order valence-electron chi connectivity index (χ4n) is 5.44. The molecule has 0 bridgehead atoms. The second kappa shape index (κ2) is 18.8. The van der Waals surface area contributed by atoms with Gasteiger partial charge in [-0.15, -0.1) is 0 Å². The van der Waals surface area contributed by atoms with Crippen LogP contribution in [0.15, 0.2) is 0 Å². The van der Waals surface area contributed by atoms with E-state index in [2.05, 4.69) is 29.8 Å². The highest BCUT2D eigenvalue weighted by atomic mass is 79.9. The minimum Gasteiger partial charge on any atom is -0.364 e. The van der Waals surface area contributed by atoms with Gasteiger partial charge in [0.05, 0.1) is 11.2 Å². The molecule has 0 spiro atoms. The van der Waals surface area contributed by atoms with Crippen LogP contribution in [0.2, 0.25) is 0 Å². The van der Waals surface area contributed by atoms with Crippen LogP contribution in [0.5, 0.6) is 0 Å². The standard InChI is InChI=1S/C32H60BrNO8/c1-12-19-29(10,16-5)41-24(8)27(35)26(15-4)39-22-32(33,34(37)38)23-40-31(18-7,21-14-3)28(36)25(9)42-30(11,17-6)20-13-2/h24-26H,12-23H2,1-11H3. The lowest BCUT2D eigenvalue weighted by Gasteiger charge is -2.38. The van der Waals surface area contributed by atoms with Gasteiger partial charge in [0.25, 0.3) is 0 Å². The van der Waals surface area contributed by atoms with E-state index in [9.17, 15) is 19.7 Å². The number of halogens is 1. The normalized spacial score (nSPS) is 19.9. The SMILES string of the molecule is CCCC(C)(CC)OC(C)C(=O)C(CC)OCC(Br)(COC(CC)(CCC)C(=O)C(C)OC(C)(CC)CCC)[N+](=O)[O-]. The maximum absolute atomic E-state index is 13.8. The second-order valence-electron chi connectivity index (χ2n) is 12.2. The average molecular weight is 667 g/mol. The van der Waals surface area contributed by atoms with E-state index in [0.717, 1.165) is 38.5 Å². The predicted octanol–water partition coefficient (Wildman–Crippen LogP) is 8.00. The Hall–Kier alpha value is -0.940. The zero-order valence-corrected chi connectivity index (χ0v) is 29.9. The number of nitrogens with zero attached hydrogens (tertiary/aromatic N) is 1. The molecule has 248 valence electrons. The Kier molecular flexibility index (Phi) is 18.4. The molecule has 0 aliphatic carbocycles. The highest BCUT2D eigenvalue weighted by Crippen LogP contribution is 2.33. The Balaban J connectivity index is 5.81. The van der Waals surface area contributed by atoms with Gasteiger partial charge < -0.3 is 18.9 Å². The minimum atomic E-state index is -1.86. The summed E-state index contributed by atoms with van der Waals surface area (Å²) in [6.45, 7) is 20.4. The van der Waals surface area contributed by atoms with Crippen molar-refractivity contribution in [3.63, 3.8) is 0 Å². The van der Waals surface area contributed by atoms with Crippen LogP contribution < -0.4 is 0 Å². The van der Waals surface area contributed by atoms with Gasteiger partial charge in [-0.1, -0.05) is 67.7 Å². The van der Waals surface area contributed by atoms with Gasteiger partial charge in [-0.05, 0) is 72.6 Å². The fourth-order valence-corrected chi connectivity index (χ4v) is 5.69. The molecule has 0 saturated heterocycles. The lowest BCUT2D eigenvalue weighted by molar-refractivity contribution is -0.545. The highest BCUT2D eigenvalue weighted by Gasteiger charge is 2.48. The summed E-state index contributed by atoms with van der Waals surface area (Å²) in [5.74, 6) is -0.478. The van der Waals surface area contributed by atoms with Crippen LogP contribution >= 0.6 is 15.9 Å². The monoisotopic (exact) mass is 665 g/mol. The smallest absolute Gasteiger partial charge is 0.320 e. The number of hydrogen-bond acceptors (Lipinski definition) is 8. The maximum Gasteiger partial charge on any atom is 0.320 e. The molecular weight excluding hydrogens is 606 g/mol. The van der Waals surface area contributed by atoms with Crippen LogP contribution in [-0.2, 0) is 28.5 Å². The van der Waals surface area contributed by atoms with E-state index in [-0.39, 0.29) is 11.6 Å². The van der Waals surface area contributed by atoms with Crippen molar-refractivity contribution >= 4 is 27.5 Å². The Morgan fingerprint density at radius 1 is 0.786 bits per heavy atom. The Morgan fingerprint density at radius 2 is 1.26 bits per heavy atom. The van der Waals surface area contributed by atoms with E-state index in [4.69, 9.17) is 18.9 Å². The number of Topliss-reactive ketones (excluding diaryl/α,β-unsaturated/α-hetero) is 2. The van der Waals surface area contributed by atoms with Crippen molar-refractivity contribution in [1.29, 1.82) is 0 Å². The summed E-state index contributed by atoms with van der Waals surface area (Å²) in [6.07, 6.45) is 4.37. The minimum absolute atomic E-state index is 0.222. The maximum atomic E-state index is 13.8. The number of ketones is 2. The topological polar surface area (TPSA) is 114 Å². The highest BCUT2D eigenvalue weighted by molar-refractivity contribution is 9.10. The van der Waals surface area contributed by atoms with Crippen molar-refractivity contribution in [2.75, 3.05) is 13.2 Å². The predicted molar refractivity (Wildman–Crippen MR) is 171 cm³/mol. The van der Waals surface area contributed by atoms with E-state index < -0.39 is 57.7 Å². The molecule has 0 aliphatic rings. The largest absolute Gasteiger partial charge is 0.364 e. The Bertz CT molecular complexity index is 843. The van der Waals surface area contributed by atoms with E-state index in [1.807, 2.05) is 41.5 Å². The van der Waals surface area contributed by atoms with Gasteiger partial charge in [-0.3, -0.25) is 19.7 Å². The molecule has 0 aromatic carbocycles. The van der Waals surface area contributed by atoms with E-state index >= 15 is 0 Å². The van der Waals surface area contributed by atoms with Crippen LogP contribution in [0.25, 0.3) is 0 Å². The van der Waals surface area contributed by atoms with Gasteiger partial charge in [0.1, 0.15) is 37.1 Å². The van der Waals surface area contributed by atoms with Gasteiger partial charge in [0, 0.05) is 20.9 Å². The van der Waals surface area contributed by atoms with Crippen LogP contribution in [0, 0.1) is 10.1 Å². The second-order valence-corrected chi connectivity index (χ2v) is 13.6. The number of hydrogen-bond donors (Lipinski definition) is 0. The molecule has 7 unspecified atom stereocenters. The lowest BCUT2D eigenvalue weighted by Crippen LogP contribution is -2.53. The summed E-state index contributed by atoms with van der Waals surface area (Å²) in [5, 5.41) is 12.3. The molecule has 0 fully saturated rings. The summed E-state index contributed by atoms with van der Waals surface area (Å²) >= 11 is 3.24. The summed E-state index contributed by atoms with van der Waals surface area (Å²) in [6, 6.07) is 0. The van der Waals surface area contributed by atoms with Crippen LogP contribution in [0.3, 0.4) is 0 Å². The average Bonchev–Trinajstić information content (AvgIpc) is 2.95. The molecule has 0 heterocycles. The Morgan fingerprint density at radius 3 is 1.64 bits per heavy atom. The number of carbonyl (C=O) groups excluding carboxylic acids is 2. The quantitative estimate of drug-likeness (QED) is 0.0417. The van der Waals surface area contributed by atoms with Gasteiger partial charge in [0.15, 0.2) is 11.6 Å². The van der Waals surface area contributed by atoms with Crippen molar-refractivity contribution in [3.8, 4) is 0 Å². The molecule has 7 atom stereocenters. The molecule has 0 N–H and O–H groups in total. The first-order valence-electron chi connectivity index (χ1n) is 16.0. The molecule has 0 aromatic heterocycles. The fraction of sp³-hybridized carbons (Fsp3) is 0.938. The van der Waals surface area contributed by atoms with Gasteiger partial charge in [-0.2, -0.15) is 0 Å². The third-order valence-corrected chi connectivity index (χ3v) is 9.26. The molecule has 9 nitrogen and oxygen atoms in total. The van der Waals surface area contributed by atoms with Gasteiger partial charge in [0.2, 0.25) is 0 Å². The van der Waals surface area contributed by atoms with E-state index in [1.165, 1.54) is 0 Å². The molecule has 0 aliphatic heterocycles. The molecule has 0 rings (SSSR count). The van der Waals surface area contributed by atoms with Crippen molar-refractivity contribution < 1.29 is 33.5 Å². The van der Waals surface area contributed by atoms with Crippen molar-refractivity contribution in [2.24, 2.45) is 0 Å². The molecule has 0 amide bonds. The van der Waals surface area contributed by atoms with Crippen LogP contribution in [-0.4, -0.2) is 69.3 Å². The molecular formula is C32H60BrNO8. The van der Waals surface area contributed by atoms with Crippen molar-refractivity contribution in [3.05, 3.63) is 10.1 Å². The van der Waals surface area contributed by atoms with Gasteiger partial charge >= 0.3 is 4.45 Å². The zero-order valence-electron chi connectivity index (χ0n) is 28.3. The molecule has 0 saturated carbocycles. The van der Waals surface area contributed by atoms with E-state index in [1.54, 1.807) is 20.8 Å². The molecule has 0 radical (unpaired) electrons. The van der Waals surface area contributed by atoms with Crippen LogP contribution in [0.1, 0.15) is 140 Å². The van der Waals surface area contributed by atoms with Crippen molar-refractivity contribution in [1.82, 2.24) is 0 Å². The van der Waals surface area contributed by atoms with Gasteiger partial charge in [-0.25, -0.2) is 0 Å². The third-order valence-electron chi connectivity index (χ3n) is 8.51. The summed E-state index contributed by atoms with van der Waals surface area (Å²) in [7, 11) is 0. The number of rotatable bonds is 25.